The molecule has 3 aromatic rings. The van der Waals surface area contributed by atoms with Crippen LogP contribution in [0.15, 0.2) is 30.3 Å². The molecule has 4 N–H and O–H groups in total. The number of hydrogen-bond donors (Lipinski definition) is 3. The van der Waals surface area contributed by atoms with Crippen molar-refractivity contribution in [3.05, 3.63) is 61.7 Å². The third kappa shape index (κ3) is 5.52. The predicted octanol–water partition coefficient (Wildman–Crippen LogP) is 3.76. The quantitative estimate of drug-likeness (QED) is 0.242. The molecule has 0 bridgehead atoms. The van der Waals surface area contributed by atoms with Crippen LogP contribution < -0.4 is 16.4 Å². The van der Waals surface area contributed by atoms with Crippen molar-refractivity contribution in [3.63, 3.8) is 0 Å². The maximum absolute atomic E-state index is 12.0. The van der Waals surface area contributed by atoms with Gasteiger partial charge in [-0.15, -0.1) is 0 Å². The molecular formula is C22H22Cl2N8O3. The fourth-order valence-corrected chi connectivity index (χ4v) is 4.25. The number of carbonyl (C=O) groups excluding carboxylic acids is 1. The average molecular weight is 517 g/mol. The minimum Gasteiger partial charge on any atom is -0.378 e. The lowest BCUT2D eigenvalue weighted by atomic mass is 9.99. The molecule has 1 amide bonds. The highest BCUT2D eigenvalue weighted by Gasteiger charge is 2.25. The van der Waals surface area contributed by atoms with Crippen LogP contribution in [0.1, 0.15) is 18.2 Å². The minimum absolute atomic E-state index is 0.0161. The maximum atomic E-state index is 12.0. The first-order valence-electron chi connectivity index (χ1n) is 10.7. The number of halogens is 2. The number of carbonyl (C=O) groups is 1. The summed E-state index contributed by atoms with van der Waals surface area (Å²) in [5, 5.41) is 18.1. The highest BCUT2D eigenvalue weighted by Crippen LogP contribution is 2.35. The number of amides is 1. The molecule has 0 atom stereocenters. The van der Waals surface area contributed by atoms with E-state index in [4.69, 9.17) is 33.9 Å². The molecule has 13 heteroatoms. The van der Waals surface area contributed by atoms with Gasteiger partial charge in [0.25, 0.3) is 0 Å². The van der Waals surface area contributed by atoms with Gasteiger partial charge in [-0.2, -0.15) is 0 Å². The molecule has 182 valence electrons. The second-order valence-corrected chi connectivity index (χ2v) is 8.69. The Morgan fingerprint density at radius 3 is 2.63 bits per heavy atom. The van der Waals surface area contributed by atoms with Crippen LogP contribution in [0, 0.1) is 10.1 Å². The van der Waals surface area contributed by atoms with Crippen LogP contribution in [-0.4, -0.2) is 50.3 Å². The molecule has 1 aromatic carbocycles. The number of benzene rings is 1. The molecule has 1 aliphatic heterocycles. The van der Waals surface area contributed by atoms with E-state index >= 15 is 0 Å². The Hall–Kier alpha value is -3.70. The van der Waals surface area contributed by atoms with Crippen molar-refractivity contribution in [2.24, 2.45) is 0 Å². The Kier molecular flexibility index (Phi) is 7.17. The second kappa shape index (κ2) is 10.3. The number of nitro groups is 1. The minimum atomic E-state index is -0.582. The van der Waals surface area contributed by atoms with Gasteiger partial charge in [0.15, 0.2) is 0 Å². The van der Waals surface area contributed by atoms with Gasteiger partial charge in [-0.05, 0) is 24.3 Å². The SMILES string of the molecule is CC(=O)N1CCc2nc(NCCNc3ccc([N+](=O)[O-])c(N)n3)nc(-c3ccc(Cl)cc3Cl)c2C1. The van der Waals surface area contributed by atoms with E-state index in [0.29, 0.717) is 65.7 Å². The van der Waals surface area contributed by atoms with Crippen LogP contribution in [0.5, 0.6) is 0 Å². The zero-order valence-corrected chi connectivity index (χ0v) is 20.2. The average Bonchev–Trinajstić information content (AvgIpc) is 2.81. The van der Waals surface area contributed by atoms with Crippen molar-refractivity contribution in [2.75, 3.05) is 36.0 Å². The summed E-state index contributed by atoms with van der Waals surface area (Å²) >= 11 is 12.6. The summed E-state index contributed by atoms with van der Waals surface area (Å²) in [6, 6.07) is 7.99. The van der Waals surface area contributed by atoms with Gasteiger partial charge >= 0.3 is 5.69 Å². The molecule has 0 radical (unpaired) electrons. The van der Waals surface area contributed by atoms with E-state index in [-0.39, 0.29) is 17.4 Å². The molecular weight excluding hydrogens is 495 g/mol. The molecule has 11 nitrogen and oxygen atoms in total. The lowest BCUT2D eigenvalue weighted by Gasteiger charge is -2.29. The number of hydrogen-bond acceptors (Lipinski definition) is 9. The smallest absolute Gasteiger partial charge is 0.311 e. The Morgan fingerprint density at radius 2 is 1.94 bits per heavy atom. The fourth-order valence-electron chi connectivity index (χ4n) is 3.75. The van der Waals surface area contributed by atoms with Crippen LogP contribution in [0.25, 0.3) is 11.3 Å². The Labute approximate surface area is 210 Å². The maximum Gasteiger partial charge on any atom is 0.311 e. The third-order valence-corrected chi connectivity index (χ3v) is 6.05. The first-order valence-corrected chi connectivity index (χ1v) is 11.5. The molecule has 4 rings (SSSR count). The standard InChI is InChI=1S/C22H22Cl2N8O3/c1-12(33)31-9-6-17-15(11-31)20(14-3-2-13(23)10-16(14)24)30-22(28-17)27-8-7-26-19-5-4-18(32(34)35)21(25)29-19/h2-5,10H,6-9,11H2,1H3,(H3,25,26,29)(H,27,28,30). The van der Waals surface area contributed by atoms with Crippen molar-refractivity contribution < 1.29 is 9.72 Å². The van der Waals surface area contributed by atoms with E-state index in [2.05, 4.69) is 20.6 Å². The Morgan fingerprint density at radius 1 is 1.17 bits per heavy atom. The molecule has 35 heavy (non-hydrogen) atoms. The zero-order valence-electron chi connectivity index (χ0n) is 18.7. The van der Waals surface area contributed by atoms with Crippen molar-refractivity contribution in [1.29, 1.82) is 0 Å². The zero-order chi connectivity index (χ0) is 25.1. The van der Waals surface area contributed by atoms with E-state index in [1.54, 1.807) is 23.1 Å². The molecule has 0 spiro atoms. The highest BCUT2D eigenvalue weighted by atomic mass is 35.5. The lowest BCUT2D eigenvalue weighted by Crippen LogP contribution is -2.35. The molecule has 0 saturated heterocycles. The lowest BCUT2D eigenvalue weighted by molar-refractivity contribution is -0.384. The first kappa shape index (κ1) is 24.4. The first-order chi connectivity index (χ1) is 16.7. The van der Waals surface area contributed by atoms with Crippen LogP contribution in [0.2, 0.25) is 10.0 Å². The summed E-state index contributed by atoms with van der Waals surface area (Å²) in [4.78, 5) is 37.4. The van der Waals surface area contributed by atoms with Crippen LogP contribution in [-0.2, 0) is 17.8 Å². The van der Waals surface area contributed by atoms with Crippen LogP contribution in [0.4, 0.5) is 23.3 Å². The molecule has 1 aliphatic rings. The van der Waals surface area contributed by atoms with Gasteiger partial charge in [-0.1, -0.05) is 23.2 Å². The van der Waals surface area contributed by atoms with E-state index in [0.717, 1.165) is 11.3 Å². The van der Waals surface area contributed by atoms with E-state index < -0.39 is 4.92 Å². The topological polar surface area (TPSA) is 152 Å². The van der Waals surface area contributed by atoms with Gasteiger partial charge in [0.1, 0.15) is 5.82 Å². The number of fused-ring (bicyclic) bond motifs is 1. The summed E-state index contributed by atoms with van der Waals surface area (Å²) in [6.45, 7) is 3.37. The molecule has 0 unspecified atom stereocenters. The van der Waals surface area contributed by atoms with E-state index in [1.807, 2.05) is 0 Å². The van der Waals surface area contributed by atoms with Gasteiger partial charge in [-0.25, -0.2) is 15.0 Å². The van der Waals surface area contributed by atoms with Crippen molar-refractivity contribution in [2.45, 2.75) is 19.9 Å². The van der Waals surface area contributed by atoms with Gasteiger partial charge in [0.05, 0.1) is 21.3 Å². The van der Waals surface area contributed by atoms with Gasteiger partial charge in [-0.3, -0.25) is 14.9 Å². The molecule has 2 aromatic heterocycles. The molecule has 3 heterocycles. The fraction of sp³-hybridized carbons (Fsp3) is 0.273. The van der Waals surface area contributed by atoms with Crippen molar-refractivity contribution in [3.8, 4) is 11.3 Å². The number of rotatable bonds is 7. The summed E-state index contributed by atoms with van der Waals surface area (Å²) in [7, 11) is 0. The summed E-state index contributed by atoms with van der Waals surface area (Å²) < 4.78 is 0. The third-order valence-electron chi connectivity index (χ3n) is 5.51. The van der Waals surface area contributed by atoms with Crippen molar-refractivity contribution in [1.82, 2.24) is 19.9 Å². The largest absolute Gasteiger partial charge is 0.378 e. The summed E-state index contributed by atoms with van der Waals surface area (Å²) in [6.07, 6.45) is 0.592. The monoisotopic (exact) mass is 516 g/mol. The van der Waals surface area contributed by atoms with Gasteiger partial charge < -0.3 is 21.3 Å². The van der Waals surface area contributed by atoms with E-state index in [9.17, 15) is 14.9 Å². The highest BCUT2D eigenvalue weighted by molar-refractivity contribution is 6.36. The number of pyridine rings is 1. The number of nitrogen functional groups attached to an aromatic ring is 1. The molecule has 0 saturated carbocycles. The van der Waals surface area contributed by atoms with Crippen LogP contribution >= 0.6 is 23.2 Å². The van der Waals surface area contributed by atoms with Gasteiger partial charge in [0.2, 0.25) is 17.7 Å². The van der Waals surface area contributed by atoms with Crippen molar-refractivity contribution >= 4 is 52.4 Å². The number of anilines is 3. The molecule has 0 aliphatic carbocycles. The van der Waals surface area contributed by atoms with E-state index in [1.165, 1.54) is 19.1 Å². The second-order valence-electron chi connectivity index (χ2n) is 7.85. The number of nitrogens with one attached hydrogen (secondary N) is 2. The summed E-state index contributed by atoms with van der Waals surface area (Å²) in [5.74, 6) is 0.658. The Bertz CT molecular complexity index is 1300. The van der Waals surface area contributed by atoms with Crippen LogP contribution in [0.3, 0.4) is 0 Å². The number of aromatic nitrogens is 3. The normalized spacial score (nSPS) is 12.7. The predicted molar refractivity (Wildman–Crippen MR) is 135 cm³/mol. The Balaban J connectivity index is 1.53. The summed E-state index contributed by atoms with van der Waals surface area (Å²) in [5.41, 5.74) is 8.43. The molecule has 0 fully saturated rings. The number of nitrogens with zero attached hydrogens (tertiary/aromatic N) is 5. The number of nitrogens with two attached hydrogens (primary N) is 1. The van der Waals surface area contributed by atoms with Gasteiger partial charge in [0, 0.05) is 61.7 Å².